The van der Waals surface area contributed by atoms with Crippen molar-refractivity contribution in [1.29, 1.82) is 0 Å². The standard InChI is InChI=1S/C19H23N3O2/c1-3-22(2)16-11-7-6-10-15(16)20-19(24)21-18-14-9-5-4-8-13(14)12-17(18)23/h4-11,17-18,23H,3,12H2,1-2H3,(H2,20,21,24)/t17-,18+/m0/s1. The lowest BCUT2D eigenvalue weighted by Gasteiger charge is -2.22. The van der Waals surface area contributed by atoms with Crippen molar-refractivity contribution in [3.05, 3.63) is 59.7 Å². The van der Waals surface area contributed by atoms with E-state index in [9.17, 15) is 9.90 Å². The molecule has 0 aliphatic heterocycles. The topological polar surface area (TPSA) is 64.6 Å². The average Bonchev–Trinajstić information content (AvgIpc) is 2.90. The van der Waals surface area contributed by atoms with Crippen LogP contribution in [-0.2, 0) is 6.42 Å². The molecule has 3 N–H and O–H groups in total. The summed E-state index contributed by atoms with van der Waals surface area (Å²) < 4.78 is 0. The molecule has 1 aliphatic rings. The number of hydrogen-bond donors (Lipinski definition) is 3. The van der Waals surface area contributed by atoms with E-state index in [1.54, 1.807) is 0 Å². The minimum Gasteiger partial charge on any atom is -0.390 e. The van der Waals surface area contributed by atoms with Crippen molar-refractivity contribution < 1.29 is 9.90 Å². The number of aliphatic hydroxyl groups is 1. The fourth-order valence-corrected chi connectivity index (χ4v) is 3.13. The summed E-state index contributed by atoms with van der Waals surface area (Å²) in [5.41, 5.74) is 3.78. The lowest BCUT2D eigenvalue weighted by molar-refractivity contribution is 0.144. The van der Waals surface area contributed by atoms with Crippen LogP contribution in [0.1, 0.15) is 24.1 Å². The van der Waals surface area contributed by atoms with Crippen molar-refractivity contribution >= 4 is 17.4 Å². The maximum atomic E-state index is 12.4. The van der Waals surface area contributed by atoms with Gasteiger partial charge >= 0.3 is 6.03 Å². The molecule has 1 aliphatic carbocycles. The van der Waals surface area contributed by atoms with Crippen molar-refractivity contribution in [3.63, 3.8) is 0 Å². The van der Waals surface area contributed by atoms with Gasteiger partial charge in [-0.05, 0) is 30.2 Å². The molecule has 2 atom stereocenters. The first kappa shape index (κ1) is 16.3. The zero-order valence-electron chi connectivity index (χ0n) is 14.0. The van der Waals surface area contributed by atoms with Gasteiger partial charge in [-0.3, -0.25) is 0 Å². The van der Waals surface area contributed by atoms with Gasteiger partial charge in [-0.2, -0.15) is 0 Å². The van der Waals surface area contributed by atoms with Gasteiger partial charge in [0.05, 0.1) is 23.5 Å². The molecule has 24 heavy (non-hydrogen) atoms. The molecule has 2 amide bonds. The summed E-state index contributed by atoms with van der Waals surface area (Å²) >= 11 is 0. The van der Waals surface area contributed by atoms with E-state index in [-0.39, 0.29) is 12.1 Å². The summed E-state index contributed by atoms with van der Waals surface area (Å²) in [7, 11) is 1.98. The number of urea groups is 1. The van der Waals surface area contributed by atoms with Gasteiger partial charge in [-0.25, -0.2) is 4.79 Å². The molecule has 5 heteroatoms. The van der Waals surface area contributed by atoms with Gasteiger partial charge in [0.2, 0.25) is 0 Å². The van der Waals surface area contributed by atoms with Crippen molar-refractivity contribution in [2.75, 3.05) is 23.8 Å². The first-order valence-electron chi connectivity index (χ1n) is 8.23. The van der Waals surface area contributed by atoms with Gasteiger partial charge in [-0.1, -0.05) is 36.4 Å². The number of anilines is 2. The lowest BCUT2D eigenvalue weighted by atomic mass is 10.1. The fourth-order valence-electron chi connectivity index (χ4n) is 3.13. The van der Waals surface area contributed by atoms with E-state index in [4.69, 9.17) is 0 Å². The maximum Gasteiger partial charge on any atom is 0.319 e. The quantitative estimate of drug-likeness (QED) is 0.810. The lowest BCUT2D eigenvalue weighted by Crippen LogP contribution is -2.37. The second kappa shape index (κ2) is 6.93. The molecule has 2 aromatic carbocycles. The average molecular weight is 325 g/mol. The maximum absolute atomic E-state index is 12.4. The van der Waals surface area contributed by atoms with E-state index in [0.29, 0.717) is 6.42 Å². The monoisotopic (exact) mass is 325 g/mol. The smallest absolute Gasteiger partial charge is 0.319 e. The molecular formula is C19H23N3O2. The van der Waals surface area contributed by atoms with Gasteiger partial charge in [0.15, 0.2) is 0 Å². The number of hydrogen-bond acceptors (Lipinski definition) is 3. The van der Waals surface area contributed by atoms with Crippen LogP contribution in [0, 0.1) is 0 Å². The van der Waals surface area contributed by atoms with Crippen LogP contribution >= 0.6 is 0 Å². The first-order valence-corrected chi connectivity index (χ1v) is 8.23. The number of fused-ring (bicyclic) bond motifs is 1. The minimum absolute atomic E-state index is 0.312. The van der Waals surface area contributed by atoms with Crippen LogP contribution in [0.2, 0.25) is 0 Å². The third-order valence-corrected chi connectivity index (χ3v) is 4.53. The van der Waals surface area contributed by atoms with E-state index in [0.717, 1.165) is 29.0 Å². The van der Waals surface area contributed by atoms with Crippen LogP contribution in [0.3, 0.4) is 0 Å². The van der Waals surface area contributed by atoms with Crippen molar-refractivity contribution in [2.45, 2.75) is 25.5 Å². The largest absolute Gasteiger partial charge is 0.390 e. The molecular weight excluding hydrogens is 302 g/mol. The number of nitrogens with zero attached hydrogens (tertiary/aromatic N) is 1. The second-order valence-corrected chi connectivity index (χ2v) is 6.08. The number of carbonyl (C=O) groups excluding carboxylic acids is 1. The molecule has 0 aromatic heterocycles. The highest BCUT2D eigenvalue weighted by Crippen LogP contribution is 2.31. The van der Waals surface area contributed by atoms with Crippen LogP contribution in [0.15, 0.2) is 48.5 Å². The van der Waals surface area contributed by atoms with E-state index in [2.05, 4.69) is 22.5 Å². The molecule has 0 saturated heterocycles. The third-order valence-electron chi connectivity index (χ3n) is 4.53. The highest BCUT2D eigenvalue weighted by Gasteiger charge is 2.31. The molecule has 3 rings (SSSR count). The Labute approximate surface area is 142 Å². The summed E-state index contributed by atoms with van der Waals surface area (Å²) in [6.45, 7) is 2.90. The summed E-state index contributed by atoms with van der Waals surface area (Å²) in [5, 5.41) is 16.1. The van der Waals surface area contributed by atoms with Gasteiger partial charge in [-0.15, -0.1) is 0 Å². The minimum atomic E-state index is -0.596. The Morgan fingerprint density at radius 2 is 1.92 bits per heavy atom. The first-order chi connectivity index (χ1) is 11.6. The van der Waals surface area contributed by atoms with E-state index in [1.165, 1.54) is 0 Å². The predicted octanol–water partition coefficient (Wildman–Crippen LogP) is 2.92. The third kappa shape index (κ3) is 3.21. The molecule has 0 fully saturated rings. The Kier molecular flexibility index (Phi) is 4.71. The van der Waals surface area contributed by atoms with Crippen molar-refractivity contribution in [3.8, 4) is 0 Å². The Morgan fingerprint density at radius 3 is 2.71 bits per heavy atom. The summed E-state index contributed by atoms with van der Waals surface area (Å²) in [6, 6.07) is 14.8. The van der Waals surface area contributed by atoms with Crippen LogP contribution in [-0.4, -0.2) is 30.8 Å². The number of benzene rings is 2. The van der Waals surface area contributed by atoms with Gasteiger partial charge in [0.25, 0.3) is 0 Å². The Morgan fingerprint density at radius 1 is 1.21 bits per heavy atom. The molecule has 0 spiro atoms. The van der Waals surface area contributed by atoms with Crippen LogP contribution < -0.4 is 15.5 Å². The normalized spacial score (nSPS) is 18.8. The number of amides is 2. The Hall–Kier alpha value is -2.53. The summed E-state index contributed by atoms with van der Waals surface area (Å²) in [5.74, 6) is 0. The second-order valence-electron chi connectivity index (χ2n) is 6.08. The fraction of sp³-hybridized carbons (Fsp3) is 0.316. The van der Waals surface area contributed by atoms with E-state index < -0.39 is 6.10 Å². The molecule has 0 bridgehead atoms. The van der Waals surface area contributed by atoms with Crippen LogP contribution in [0.25, 0.3) is 0 Å². The van der Waals surface area contributed by atoms with Gasteiger partial charge in [0.1, 0.15) is 0 Å². The van der Waals surface area contributed by atoms with Gasteiger partial charge in [0, 0.05) is 20.0 Å². The van der Waals surface area contributed by atoms with Crippen molar-refractivity contribution in [1.82, 2.24) is 5.32 Å². The molecule has 0 unspecified atom stereocenters. The number of nitrogens with one attached hydrogen (secondary N) is 2. The summed E-state index contributed by atoms with van der Waals surface area (Å²) in [6.07, 6.45) is -0.0299. The molecule has 0 radical (unpaired) electrons. The Balaban J connectivity index is 1.73. The highest BCUT2D eigenvalue weighted by molar-refractivity contribution is 5.93. The zero-order chi connectivity index (χ0) is 17.1. The molecule has 2 aromatic rings. The van der Waals surface area contributed by atoms with E-state index in [1.807, 2.05) is 55.6 Å². The molecule has 126 valence electrons. The summed E-state index contributed by atoms with van der Waals surface area (Å²) in [4.78, 5) is 14.5. The molecule has 0 saturated carbocycles. The predicted molar refractivity (Wildman–Crippen MR) is 96.4 cm³/mol. The number of para-hydroxylation sites is 2. The van der Waals surface area contributed by atoms with Crippen LogP contribution in [0.4, 0.5) is 16.2 Å². The number of carbonyl (C=O) groups is 1. The van der Waals surface area contributed by atoms with E-state index >= 15 is 0 Å². The number of aliphatic hydroxyl groups excluding tert-OH is 1. The molecule has 0 heterocycles. The SMILES string of the molecule is CCN(C)c1ccccc1NC(=O)N[C@@H]1c2ccccc2C[C@@H]1O. The Bertz CT molecular complexity index is 732. The van der Waals surface area contributed by atoms with Gasteiger partial charge < -0.3 is 20.6 Å². The molecule has 5 nitrogen and oxygen atoms in total. The highest BCUT2D eigenvalue weighted by atomic mass is 16.3. The zero-order valence-corrected chi connectivity index (χ0v) is 14.0. The van der Waals surface area contributed by atoms with Crippen molar-refractivity contribution in [2.24, 2.45) is 0 Å². The van der Waals surface area contributed by atoms with Crippen LogP contribution in [0.5, 0.6) is 0 Å². The number of rotatable bonds is 4.